The lowest BCUT2D eigenvalue weighted by Gasteiger charge is -2.26. The number of nitrogens with two attached hydrogens (primary N) is 1. The Morgan fingerprint density at radius 1 is 1.46 bits per heavy atom. The summed E-state index contributed by atoms with van der Waals surface area (Å²) < 4.78 is 10.7. The van der Waals surface area contributed by atoms with Crippen molar-refractivity contribution < 1.29 is 29.0 Å². The molecule has 1 aliphatic rings. The van der Waals surface area contributed by atoms with E-state index in [9.17, 15) is 14.4 Å². The molecule has 0 bridgehead atoms. The number of amides is 1. The zero-order chi connectivity index (χ0) is 19.1. The SMILES string of the molecule is CCOC(=O)C(CCN)N[C@H]1COc2ccccc2N(CC(=O)O)C1=O. The fourth-order valence-electron chi connectivity index (χ4n) is 2.69. The van der Waals surface area contributed by atoms with Crippen molar-refractivity contribution in [2.24, 2.45) is 5.73 Å². The van der Waals surface area contributed by atoms with E-state index in [-0.39, 0.29) is 26.2 Å². The Morgan fingerprint density at radius 3 is 2.85 bits per heavy atom. The van der Waals surface area contributed by atoms with Gasteiger partial charge in [-0.25, -0.2) is 0 Å². The highest BCUT2D eigenvalue weighted by molar-refractivity contribution is 6.02. The quantitative estimate of drug-likeness (QED) is 0.537. The maximum Gasteiger partial charge on any atom is 0.323 e. The van der Waals surface area contributed by atoms with Crippen LogP contribution in [0.3, 0.4) is 0 Å². The summed E-state index contributed by atoms with van der Waals surface area (Å²) in [5, 5.41) is 12.1. The van der Waals surface area contributed by atoms with Crippen LogP contribution in [0.15, 0.2) is 24.3 Å². The van der Waals surface area contributed by atoms with E-state index in [1.54, 1.807) is 31.2 Å². The van der Waals surface area contributed by atoms with Gasteiger partial charge in [-0.15, -0.1) is 0 Å². The first kappa shape index (κ1) is 19.7. The Balaban J connectivity index is 2.26. The van der Waals surface area contributed by atoms with Crippen molar-refractivity contribution in [3.05, 3.63) is 24.3 Å². The Labute approximate surface area is 151 Å². The molecule has 4 N–H and O–H groups in total. The molecule has 0 saturated heterocycles. The molecule has 2 atom stereocenters. The number of esters is 1. The number of nitrogens with zero attached hydrogens (tertiary/aromatic N) is 1. The van der Waals surface area contributed by atoms with Crippen molar-refractivity contribution in [1.82, 2.24) is 5.32 Å². The lowest BCUT2D eigenvalue weighted by Crippen LogP contribution is -2.55. The van der Waals surface area contributed by atoms with Crippen LogP contribution < -0.4 is 20.7 Å². The monoisotopic (exact) mass is 365 g/mol. The Hall–Kier alpha value is -2.65. The maximum absolute atomic E-state index is 12.9. The molecular formula is C17H23N3O6. The second kappa shape index (κ2) is 9.16. The topological polar surface area (TPSA) is 131 Å². The molecule has 1 unspecified atom stereocenters. The zero-order valence-electron chi connectivity index (χ0n) is 14.5. The van der Waals surface area contributed by atoms with Crippen LogP contribution in [-0.4, -0.2) is 61.3 Å². The number of carbonyl (C=O) groups excluding carboxylic acids is 2. The molecule has 142 valence electrons. The summed E-state index contributed by atoms with van der Waals surface area (Å²) in [4.78, 5) is 37.3. The standard InChI is InChI=1S/C17H23N3O6/c1-2-25-17(24)11(7-8-18)19-12-10-26-14-6-4-3-5-13(14)20(16(12)23)9-15(21)22/h3-6,11-12,19H,2,7-10,18H2,1H3,(H,21,22)/t11?,12-/m0/s1. The lowest BCUT2D eigenvalue weighted by molar-refractivity contribution is -0.146. The number of carboxylic acid groups (broad SMARTS) is 1. The van der Waals surface area contributed by atoms with Gasteiger partial charge in [0.15, 0.2) is 0 Å². The largest absolute Gasteiger partial charge is 0.489 e. The minimum atomic E-state index is -1.15. The van der Waals surface area contributed by atoms with Gasteiger partial charge in [0.05, 0.1) is 12.3 Å². The van der Waals surface area contributed by atoms with E-state index in [0.717, 1.165) is 4.90 Å². The number of nitrogens with one attached hydrogen (secondary N) is 1. The molecule has 0 saturated carbocycles. The summed E-state index contributed by atoms with van der Waals surface area (Å²) >= 11 is 0. The van der Waals surface area contributed by atoms with Gasteiger partial charge in [0.2, 0.25) is 5.91 Å². The Morgan fingerprint density at radius 2 is 2.19 bits per heavy atom. The maximum atomic E-state index is 12.9. The van der Waals surface area contributed by atoms with Gasteiger partial charge in [-0.1, -0.05) is 12.1 Å². The first-order valence-corrected chi connectivity index (χ1v) is 8.35. The van der Waals surface area contributed by atoms with Crippen LogP contribution in [0.2, 0.25) is 0 Å². The smallest absolute Gasteiger partial charge is 0.323 e. The van der Waals surface area contributed by atoms with Crippen molar-refractivity contribution in [2.45, 2.75) is 25.4 Å². The molecule has 2 rings (SSSR count). The van der Waals surface area contributed by atoms with E-state index in [2.05, 4.69) is 5.32 Å². The van der Waals surface area contributed by atoms with Gasteiger partial charge in [0.1, 0.15) is 31.0 Å². The van der Waals surface area contributed by atoms with Crippen LogP contribution in [0.1, 0.15) is 13.3 Å². The molecule has 1 aromatic rings. The second-order valence-electron chi connectivity index (χ2n) is 5.70. The molecule has 0 aromatic heterocycles. The summed E-state index contributed by atoms with van der Waals surface area (Å²) in [6.07, 6.45) is 0.272. The Bertz CT molecular complexity index is 666. The number of para-hydroxylation sites is 2. The van der Waals surface area contributed by atoms with Crippen molar-refractivity contribution in [2.75, 3.05) is 31.2 Å². The van der Waals surface area contributed by atoms with E-state index < -0.39 is 36.5 Å². The predicted molar refractivity (Wildman–Crippen MR) is 92.9 cm³/mol. The molecule has 1 aliphatic heterocycles. The van der Waals surface area contributed by atoms with E-state index >= 15 is 0 Å². The minimum Gasteiger partial charge on any atom is -0.489 e. The van der Waals surface area contributed by atoms with Crippen LogP contribution in [0.5, 0.6) is 5.75 Å². The number of ether oxygens (including phenoxy) is 2. The van der Waals surface area contributed by atoms with Crippen LogP contribution in [0.4, 0.5) is 5.69 Å². The predicted octanol–water partition coefficient (Wildman–Crippen LogP) is -0.265. The number of aliphatic carboxylic acids is 1. The second-order valence-corrected chi connectivity index (χ2v) is 5.70. The summed E-state index contributed by atoms with van der Waals surface area (Å²) in [5.74, 6) is -1.77. The number of hydrogen-bond acceptors (Lipinski definition) is 7. The number of anilines is 1. The normalized spacial score (nSPS) is 17.7. The molecule has 1 heterocycles. The molecule has 0 fully saturated rings. The van der Waals surface area contributed by atoms with Gasteiger partial charge < -0.3 is 20.3 Å². The molecule has 0 spiro atoms. The van der Waals surface area contributed by atoms with Gasteiger partial charge in [-0.05, 0) is 32.0 Å². The van der Waals surface area contributed by atoms with Crippen molar-refractivity contribution >= 4 is 23.5 Å². The molecular weight excluding hydrogens is 342 g/mol. The molecule has 1 aromatic carbocycles. The third-order valence-corrected chi connectivity index (χ3v) is 3.85. The van der Waals surface area contributed by atoms with E-state index in [0.29, 0.717) is 11.4 Å². The van der Waals surface area contributed by atoms with Gasteiger partial charge in [0.25, 0.3) is 0 Å². The van der Waals surface area contributed by atoms with Gasteiger partial charge >= 0.3 is 11.9 Å². The zero-order valence-corrected chi connectivity index (χ0v) is 14.5. The van der Waals surface area contributed by atoms with Gasteiger partial charge in [-0.3, -0.25) is 24.6 Å². The molecule has 9 heteroatoms. The summed E-state index contributed by atoms with van der Waals surface area (Å²) in [6.45, 7) is 1.54. The molecule has 9 nitrogen and oxygen atoms in total. The number of benzene rings is 1. The number of hydrogen-bond donors (Lipinski definition) is 3. The first-order valence-electron chi connectivity index (χ1n) is 8.35. The lowest BCUT2D eigenvalue weighted by atomic mass is 10.1. The summed E-state index contributed by atoms with van der Waals surface area (Å²) in [7, 11) is 0. The van der Waals surface area contributed by atoms with Crippen LogP contribution in [0.25, 0.3) is 0 Å². The highest BCUT2D eigenvalue weighted by Gasteiger charge is 2.35. The van der Waals surface area contributed by atoms with Crippen LogP contribution in [-0.2, 0) is 19.1 Å². The molecule has 26 heavy (non-hydrogen) atoms. The number of carbonyl (C=O) groups is 3. The summed E-state index contributed by atoms with van der Waals surface area (Å²) in [6, 6.07) is 4.98. The van der Waals surface area contributed by atoms with Crippen LogP contribution >= 0.6 is 0 Å². The minimum absolute atomic E-state index is 0.0492. The third kappa shape index (κ3) is 4.70. The number of carboxylic acids is 1. The highest BCUT2D eigenvalue weighted by Crippen LogP contribution is 2.31. The van der Waals surface area contributed by atoms with E-state index in [4.69, 9.17) is 20.3 Å². The Kier molecular flexibility index (Phi) is 6.93. The van der Waals surface area contributed by atoms with E-state index in [1.807, 2.05) is 0 Å². The molecule has 1 amide bonds. The fourth-order valence-corrected chi connectivity index (χ4v) is 2.69. The molecule has 0 aliphatic carbocycles. The fraction of sp³-hybridized carbons (Fsp3) is 0.471. The van der Waals surface area contributed by atoms with Gasteiger partial charge in [0, 0.05) is 0 Å². The number of fused-ring (bicyclic) bond motifs is 1. The van der Waals surface area contributed by atoms with Crippen molar-refractivity contribution in [3.63, 3.8) is 0 Å². The number of rotatable bonds is 8. The van der Waals surface area contributed by atoms with Gasteiger partial charge in [-0.2, -0.15) is 0 Å². The summed E-state index contributed by atoms with van der Waals surface area (Å²) in [5.41, 5.74) is 5.92. The average molecular weight is 365 g/mol. The highest BCUT2D eigenvalue weighted by atomic mass is 16.5. The average Bonchev–Trinajstić information content (AvgIpc) is 2.73. The first-order chi connectivity index (χ1) is 12.5. The van der Waals surface area contributed by atoms with Crippen molar-refractivity contribution in [1.29, 1.82) is 0 Å². The third-order valence-electron chi connectivity index (χ3n) is 3.85. The van der Waals surface area contributed by atoms with Crippen molar-refractivity contribution in [3.8, 4) is 5.75 Å². The van der Waals surface area contributed by atoms with Crippen LogP contribution in [0, 0.1) is 0 Å². The molecule has 0 radical (unpaired) electrons. The van der Waals surface area contributed by atoms with E-state index in [1.165, 1.54) is 0 Å².